The fourth-order valence-electron chi connectivity index (χ4n) is 2.01. The molecule has 4 nitrogen and oxygen atoms in total. The maximum atomic E-state index is 13.3. The highest BCUT2D eigenvalue weighted by Crippen LogP contribution is 2.18. The van der Waals surface area contributed by atoms with Crippen molar-refractivity contribution < 1.29 is 13.9 Å². The Hall–Kier alpha value is -1.17. The Balaban J connectivity index is 2.10. The molecule has 0 unspecified atom stereocenters. The molecule has 1 fully saturated rings. The Morgan fingerprint density at radius 1 is 1.61 bits per heavy atom. The molecule has 18 heavy (non-hydrogen) atoms. The third-order valence-corrected chi connectivity index (χ3v) is 3.20. The third-order valence-electron chi connectivity index (χ3n) is 2.90. The van der Waals surface area contributed by atoms with Crippen LogP contribution in [0.15, 0.2) is 18.2 Å². The van der Waals surface area contributed by atoms with E-state index >= 15 is 0 Å². The summed E-state index contributed by atoms with van der Waals surface area (Å²) < 4.78 is 18.8. The van der Waals surface area contributed by atoms with Gasteiger partial charge in [0, 0.05) is 13.0 Å². The van der Waals surface area contributed by atoms with Crippen LogP contribution in [0.4, 0.5) is 4.39 Å². The molecular weight excluding hydrogens is 259 g/mol. The quantitative estimate of drug-likeness (QED) is 0.858. The van der Waals surface area contributed by atoms with Crippen molar-refractivity contribution in [2.45, 2.75) is 18.6 Å². The van der Waals surface area contributed by atoms with Crippen LogP contribution in [0.25, 0.3) is 0 Å². The van der Waals surface area contributed by atoms with Crippen LogP contribution in [-0.2, 0) is 16.0 Å². The maximum Gasteiger partial charge on any atom is 0.237 e. The lowest BCUT2D eigenvalue weighted by Crippen LogP contribution is -2.55. The number of amides is 1. The van der Waals surface area contributed by atoms with Crippen LogP contribution in [0.5, 0.6) is 0 Å². The number of carbonyl (C=O) groups is 1. The molecule has 1 aliphatic heterocycles. The summed E-state index contributed by atoms with van der Waals surface area (Å²) in [6.07, 6.45) is 0.0335. The van der Waals surface area contributed by atoms with Gasteiger partial charge in [-0.15, -0.1) is 0 Å². The van der Waals surface area contributed by atoms with Crippen molar-refractivity contribution in [1.82, 2.24) is 5.32 Å². The van der Waals surface area contributed by atoms with Crippen LogP contribution < -0.4 is 11.1 Å². The Bertz CT molecular complexity index is 456. The minimum atomic E-state index is -0.544. The SMILES string of the molecule is NC(=O)[C@@H]1NCCO[C@@H]1Cc1ccc(Cl)c(F)c1. The Morgan fingerprint density at radius 3 is 3.06 bits per heavy atom. The molecule has 0 bridgehead atoms. The lowest BCUT2D eigenvalue weighted by atomic mass is 10.00. The molecule has 2 rings (SSSR count). The summed E-state index contributed by atoms with van der Waals surface area (Å²) in [5.41, 5.74) is 6.01. The average Bonchev–Trinajstić information content (AvgIpc) is 2.34. The Morgan fingerprint density at radius 2 is 2.39 bits per heavy atom. The van der Waals surface area contributed by atoms with Gasteiger partial charge in [0.2, 0.25) is 5.91 Å². The lowest BCUT2D eigenvalue weighted by Gasteiger charge is -2.30. The van der Waals surface area contributed by atoms with E-state index in [9.17, 15) is 9.18 Å². The van der Waals surface area contributed by atoms with Crippen molar-refractivity contribution in [1.29, 1.82) is 0 Å². The molecule has 6 heteroatoms. The van der Waals surface area contributed by atoms with Crippen molar-refractivity contribution in [3.05, 3.63) is 34.6 Å². The summed E-state index contributed by atoms with van der Waals surface area (Å²) >= 11 is 5.61. The highest BCUT2D eigenvalue weighted by molar-refractivity contribution is 6.30. The average molecular weight is 273 g/mol. The number of carbonyl (C=O) groups excluding carboxylic acids is 1. The van der Waals surface area contributed by atoms with E-state index in [0.29, 0.717) is 19.6 Å². The summed E-state index contributed by atoms with van der Waals surface area (Å²) in [6.45, 7) is 1.09. The van der Waals surface area contributed by atoms with Crippen LogP contribution in [0.1, 0.15) is 5.56 Å². The molecule has 0 saturated carbocycles. The van der Waals surface area contributed by atoms with E-state index in [1.165, 1.54) is 12.1 Å². The number of benzene rings is 1. The van der Waals surface area contributed by atoms with E-state index in [-0.39, 0.29) is 11.1 Å². The van der Waals surface area contributed by atoms with Crippen LogP contribution in [0.2, 0.25) is 5.02 Å². The predicted octanol–water partition coefficient (Wildman–Crippen LogP) is 0.864. The summed E-state index contributed by atoms with van der Waals surface area (Å²) in [5, 5.41) is 3.07. The second kappa shape index (κ2) is 5.65. The van der Waals surface area contributed by atoms with Crippen molar-refractivity contribution in [2.24, 2.45) is 5.73 Å². The predicted molar refractivity (Wildman–Crippen MR) is 65.8 cm³/mol. The fraction of sp³-hybridized carbons (Fsp3) is 0.417. The number of rotatable bonds is 3. The number of morpholine rings is 1. The molecule has 1 saturated heterocycles. The van der Waals surface area contributed by atoms with Crippen LogP contribution >= 0.6 is 11.6 Å². The van der Waals surface area contributed by atoms with Gasteiger partial charge in [-0.25, -0.2) is 4.39 Å². The molecule has 1 heterocycles. The number of halogens is 2. The number of primary amides is 1. The van der Waals surface area contributed by atoms with Gasteiger partial charge < -0.3 is 15.8 Å². The topological polar surface area (TPSA) is 64.4 Å². The molecule has 0 aromatic heterocycles. The summed E-state index contributed by atoms with van der Waals surface area (Å²) in [5.74, 6) is -0.942. The second-order valence-electron chi connectivity index (χ2n) is 4.20. The zero-order valence-corrected chi connectivity index (χ0v) is 10.4. The summed E-state index contributed by atoms with van der Waals surface area (Å²) in [7, 11) is 0. The molecule has 2 atom stereocenters. The Kier molecular flexibility index (Phi) is 4.16. The lowest BCUT2D eigenvalue weighted by molar-refractivity contribution is -0.126. The van der Waals surface area contributed by atoms with E-state index in [0.717, 1.165) is 5.56 Å². The fourth-order valence-corrected chi connectivity index (χ4v) is 2.13. The molecule has 3 N–H and O–H groups in total. The van der Waals surface area contributed by atoms with E-state index in [1.54, 1.807) is 6.07 Å². The first-order valence-electron chi connectivity index (χ1n) is 5.66. The van der Waals surface area contributed by atoms with Crippen molar-refractivity contribution in [2.75, 3.05) is 13.2 Å². The van der Waals surface area contributed by atoms with Crippen molar-refractivity contribution >= 4 is 17.5 Å². The standard InChI is InChI=1S/C12H14ClFN2O2/c13-8-2-1-7(5-9(8)14)6-10-11(12(15)17)16-3-4-18-10/h1-2,5,10-11,16H,3-4,6H2,(H2,15,17)/t10-,11-/m1/s1. The van der Waals surface area contributed by atoms with E-state index in [2.05, 4.69) is 5.32 Å². The van der Waals surface area contributed by atoms with Gasteiger partial charge in [0.05, 0.1) is 17.7 Å². The first kappa shape index (κ1) is 13.3. The van der Waals surface area contributed by atoms with Gasteiger partial charge in [-0.3, -0.25) is 4.79 Å². The molecule has 0 spiro atoms. The Labute approximate surface area is 109 Å². The van der Waals surface area contributed by atoms with Crippen LogP contribution in [-0.4, -0.2) is 31.2 Å². The van der Waals surface area contributed by atoms with Crippen molar-refractivity contribution in [3.63, 3.8) is 0 Å². The largest absolute Gasteiger partial charge is 0.374 e. The number of nitrogens with two attached hydrogens (primary N) is 1. The van der Waals surface area contributed by atoms with Crippen molar-refractivity contribution in [3.8, 4) is 0 Å². The maximum absolute atomic E-state index is 13.3. The highest BCUT2D eigenvalue weighted by atomic mass is 35.5. The van der Waals surface area contributed by atoms with Crippen LogP contribution in [0, 0.1) is 5.82 Å². The zero-order chi connectivity index (χ0) is 13.1. The molecular formula is C12H14ClFN2O2. The van der Waals surface area contributed by atoms with E-state index in [1.807, 2.05) is 0 Å². The molecule has 98 valence electrons. The number of hydrogen-bond acceptors (Lipinski definition) is 3. The van der Waals surface area contributed by atoms with Gasteiger partial charge in [0.1, 0.15) is 11.9 Å². The first-order chi connectivity index (χ1) is 8.58. The smallest absolute Gasteiger partial charge is 0.237 e. The molecule has 1 aromatic carbocycles. The van der Waals surface area contributed by atoms with Gasteiger partial charge >= 0.3 is 0 Å². The third kappa shape index (κ3) is 2.98. The normalized spacial score (nSPS) is 23.9. The minimum absolute atomic E-state index is 0.0767. The number of hydrogen-bond donors (Lipinski definition) is 2. The molecule has 1 amide bonds. The molecule has 0 radical (unpaired) electrons. The summed E-state index contributed by atoms with van der Waals surface area (Å²) in [6, 6.07) is 4.00. The second-order valence-corrected chi connectivity index (χ2v) is 4.60. The number of ether oxygens (including phenoxy) is 1. The molecule has 1 aromatic rings. The van der Waals surface area contributed by atoms with Gasteiger partial charge in [-0.2, -0.15) is 0 Å². The zero-order valence-electron chi connectivity index (χ0n) is 9.66. The minimum Gasteiger partial charge on any atom is -0.374 e. The van der Waals surface area contributed by atoms with Gasteiger partial charge in [-0.05, 0) is 17.7 Å². The van der Waals surface area contributed by atoms with Gasteiger partial charge in [0.25, 0.3) is 0 Å². The van der Waals surface area contributed by atoms with E-state index in [4.69, 9.17) is 22.1 Å². The van der Waals surface area contributed by atoms with Gasteiger partial charge in [-0.1, -0.05) is 17.7 Å². The van der Waals surface area contributed by atoms with E-state index < -0.39 is 17.8 Å². The highest BCUT2D eigenvalue weighted by Gasteiger charge is 2.30. The first-order valence-corrected chi connectivity index (χ1v) is 6.04. The van der Waals surface area contributed by atoms with Crippen LogP contribution in [0.3, 0.4) is 0 Å². The summed E-state index contributed by atoms with van der Waals surface area (Å²) in [4.78, 5) is 11.3. The molecule has 0 aliphatic carbocycles. The monoisotopic (exact) mass is 272 g/mol. The molecule has 1 aliphatic rings. The van der Waals surface area contributed by atoms with Gasteiger partial charge in [0.15, 0.2) is 0 Å². The number of nitrogens with one attached hydrogen (secondary N) is 1.